The zero-order valence-corrected chi connectivity index (χ0v) is 14.8. The van der Waals surface area contributed by atoms with Gasteiger partial charge in [0.15, 0.2) is 0 Å². The highest BCUT2D eigenvalue weighted by Gasteiger charge is 2.14. The Morgan fingerprint density at radius 1 is 1.40 bits per heavy atom. The van der Waals surface area contributed by atoms with Crippen molar-refractivity contribution < 1.29 is 4.74 Å². The molecule has 0 saturated heterocycles. The first-order valence-electron chi connectivity index (χ1n) is 6.95. The molecule has 0 bridgehead atoms. The number of benzene rings is 1. The quantitative estimate of drug-likeness (QED) is 0.723. The van der Waals surface area contributed by atoms with Crippen molar-refractivity contribution in [1.82, 2.24) is 10.2 Å². The molecule has 0 fully saturated rings. The van der Waals surface area contributed by atoms with Crippen LogP contribution in [0.15, 0.2) is 22.7 Å². The fourth-order valence-electron chi connectivity index (χ4n) is 2.20. The molecule has 1 rings (SSSR count). The van der Waals surface area contributed by atoms with Gasteiger partial charge in [-0.05, 0) is 37.7 Å². The first-order chi connectivity index (χ1) is 9.62. The molecule has 1 atom stereocenters. The SMILES string of the molecule is CCN(CCOC)CCC(NC)c1ccc(Br)cc1Cl. The van der Waals surface area contributed by atoms with Gasteiger partial charge in [-0.3, -0.25) is 0 Å². The number of likely N-dealkylation sites (N-methyl/N-ethyl adjacent to an activating group) is 1. The summed E-state index contributed by atoms with van der Waals surface area (Å²) in [4.78, 5) is 2.39. The van der Waals surface area contributed by atoms with E-state index in [-0.39, 0.29) is 6.04 Å². The molecule has 1 aromatic rings. The van der Waals surface area contributed by atoms with Crippen LogP contribution in [0.3, 0.4) is 0 Å². The van der Waals surface area contributed by atoms with Gasteiger partial charge >= 0.3 is 0 Å². The fraction of sp³-hybridized carbons (Fsp3) is 0.600. The van der Waals surface area contributed by atoms with Crippen molar-refractivity contribution in [2.45, 2.75) is 19.4 Å². The lowest BCUT2D eigenvalue weighted by Gasteiger charge is -2.24. The number of ether oxygens (including phenoxy) is 1. The number of nitrogens with one attached hydrogen (secondary N) is 1. The number of hydrogen-bond donors (Lipinski definition) is 1. The third kappa shape index (κ3) is 5.70. The van der Waals surface area contributed by atoms with Gasteiger partial charge in [-0.15, -0.1) is 0 Å². The molecule has 1 aromatic carbocycles. The van der Waals surface area contributed by atoms with Crippen molar-refractivity contribution in [3.63, 3.8) is 0 Å². The normalized spacial score (nSPS) is 12.9. The van der Waals surface area contributed by atoms with Crippen LogP contribution in [0, 0.1) is 0 Å². The van der Waals surface area contributed by atoms with Crippen LogP contribution in [0.4, 0.5) is 0 Å². The van der Waals surface area contributed by atoms with E-state index in [0.717, 1.165) is 47.7 Å². The highest BCUT2D eigenvalue weighted by atomic mass is 79.9. The summed E-state index contributed by atoms with van der Waals surface area (Å²) in [7, 11) is 3.72. The maximum Gasteiger partial charge on any atom is 0.0589 e. The van der Waals surface area contributed by atoms with Gasteiger partial charge in [0.2, 0.25) is 0 Å². The van der Waals surface area contributed by atoms with Gasteiger partial charge in [-0.1, -0.05) is 40.5 Å². The van der Waals surface area contributed by atoms with Crippen LogP contribution in [0.2, 0.25) is 5.02 Å². The molecule has 5 heteroatoms. The molecule has 0 saturated carbocycles. The van der Waals surface area contributed by atoms with Gasteiger partial charge in [0.05, 0.1) is 6.61 Å². The summed E-state index contributed by atoms with van der Waals surface area (Å²) in [5.41, 5.74) is 1.15. The number of halogens is 2. The first-order valence-corrected chi connectivity index (χ1v) is 8.13. The maximum absolute atomic E-state index is 6.33. The maximum atomic E-state index is 6.33. The van der Waals surface area contributed by atoms with Gasteiger partial charge in [0, 0.05) is 35.7 Å². The van der Waals surface area contributed by atoms with Gasteiger partial charge in [-0.2, -0.15) is 0 Å². The summed E-state index contributed by atoms with van der Waals surface area (Å²) in [6.07, 6.45) is 1.02. The summed E-state index contributed by atoms with van der Waals surface area (Å²) < 4.78 is 6.15. The Kier molecular flexibility index (Phi) is 8.73. The number of rotatable bonds is 9. The molecule has 0 spiro atoms. The van der Waals surface area contributed by atoms with E-state index in [9.17, 15) is 0 Å². The highest BCUT2D eigenvalue weighted by molar-refractivity contribution is 9.10. The van der Waals surface area contributed by atoms with Crippen molar-refractivity contribution in [1.29, 1.82) is 0 Å². The Hall–Kier alpha value is -0.130. The Morgan fingerprint density at radius 3 is 2.70 bits per heavy atom. The summed E-state index contributed by atoms with van der Waals surface area (Å²) in [6.45, 7) is 5.98. The van der Waals surface area contributed by atoms with Crippen LogP contribution < -0.4 is 5.32 Å². The van der Waals surface area contributed by atoms with Gasteiger partial charge in [0.1, 0.15) is 0 Å². The van der Waals surface area contributed by atoms with Crippen molar-refractivity contribution >= 4 is 27.5 Å². The van der Waals surface area contributed by atoms with Crippen molar-refractivity contribution in [2.24, 2.45) is 0 Å². The predicted molar refractivity (Wildman–Crippen MR) is 89.6 cm³/mol. The molecule has 0 aliphatic carbocycles. The summed E-state index contributed by atoms with van der Waals surface area (Å²) in [5.74, 6) is 0. The van der Waals surface area contributed by atoms with Gasteiger partial charge in [0.25, 0.3) is 0 Å². The average molecular weight is 364 g/mol. The first kappa shape index (κ1) is 17.9. The summed E-state index contributed by atoms with van der Waals surface area (Å²) in [6, 6.07) is 6.34. The molecule has 0 aliphatic heterocycles. The zero-order valence-electron chi connectivity index (χ0n) is 12.5. The van der Waals surface area contributed by atoms with E-state index in [1.807, 2.05) is 19.2 Å². The smallest absolute Gasteiger partial charge is 0.0589 e. The van der Waals surface area contributed by atoms with Crippen LogP contribution in [0.1, 0.15) is 24.9 Å². The molecule has 0 aromatic heterocycles. The van der Waals surface area contributed by atoms with E-state index in [0.29, 0.717) is 0 Å². The van der Waals surface area contributed by atoms with E-state index in [1.54, 1.807) is 7.11 Å². The third-order valence-electron chi connectivity index (χ3n) is 3.48. The lowest BCUT2D eigenvalue weighted by Crippen LogP contribution is -2.31. The fourth-order valence-corrected chi connectivity index (χ4v) is 3.00. The van der Waals surface area contributed by atoms with Crippen LogP contribution >= 0.6 is 27.5 Å². The standard InChI is InChI=1S/C15H24BrClN2O/c1-4-19(9-10-20-3)8-7-15(18-2)13-6-5-12(16)11-14(13)17/h5-6,11,15,18H,4,7-10H2,1-3H3. The van der Waals surface area contributed by atoms with Crippen molar-refractivity contribution in [3.8, 4) is 0 Å². The monoisotopic (exact) mass is 362 g/mol. The molecule has 0 heterocycles. The second kappa shape index (κ2) is 9.74. The average Bonchev–Trinajstić information content (AvgIpc) is 2.44. The minimum atomic E-state index is 0.271. The molecule has 0 radical (unpaired) electrons. The minimum absolute atomic E-state index is 0.271. The highest BCUT2D eigenvalue weighted by Crippen LogP contribution is 2.28. The van der Waals surface area contributed by atoms with Crippen LogP contribution in [-0.4, -0.2) is 45.3 Å². The molecule has 1 N–H and O–H groups in total. The lowest BCUT2D eigenvalue weighted by molar-refractivity contribution is 0.148. The van der Waals surface area contributed by atoms with E-state index < -0.39 is 0 Å². The van der Waals surface area contributed by atoms with Crippen LogP contribution in [0.25, 0.3) is 0 Å². The topological polar surface area (TPSA) is 24.5 Å². The molecule has 1 unspecified atom stereocenters. The number of methoxy groups -OCH3 is 1. The second-order valence-corrected chi connectivity index (χ2v) is 6.05. The number of nitrogens with zero attached hydrogens (tertiary/aromatic N) is 1. The van der Waals surface area contributed by atoms with Crippen molar-refractivity contribution in [2.75, 3.05) is 40.4 Å². The van der Waals surface area contributed by atoms with Gasteiger partial charge in [-0.25, -0.2) is 0 Å². The Labute approximate surface area is 135 Å². The molecular formula is C15H24BrClN2O. The third-order valence-corrected chi connectivity index (χ3v) is 4.30. The Morgan fingerprint density at radius 2 is 2.15 bits per heavy atom. The summed E-state index contributed by atoms with van der Waals surface area (Å²) in [5, 5.41) is 4.16. The molecule has 0 aliphatic rings. The van der Waals surface area contributed by atoms with Crippen LogP contribution in [-0.2, 0) is 4.74 Å². The van der Waals surface area contributed by atoms with E-state index in [1.165, 1.54) is 0 Å². The predicted octanol–water partition coefficient (Wildman–Crippen LogP) is 3.72. The summed E-state index contributed by atoms with van der Waals surface area (Å²) >= 11 is 9.77. The molecule has 3 nitrogen and oxygen atoms in total. The van der Waals surface area contributed by atoms with Gasteiger partial charge < -0.3 is 15.0 Å². The molecular weight excluding hydrogens is 340 g/mol. The minimum Gasteiger partial charge on any atom is -0.383 e. The Balaban J connectivity index is 2.62. The number of hydrogen-bond acceptors (Lipinski definition) is 3. The van der Waals surface area contributed by atoms with E-state index >= 15 is 0 Å². The molecule has 114 valence electrons. The zero-order chi connectivity index (χ0) is 15.0. The lowest BCUT2D eigenvalue weighted by atomic mass is 10.0. The Bertz CT molecular complexity index is 403. The van der Waals surface area contributed by atoms with E-state index in [4.69, 9.17) is 16.3 Å². The molecule has 0 amide bonds. The second-order valence-electron chi connectivity index (χ2n) is 4.72. The largest absolute Gasteiger partial charge is 0.383 e. The van der Waals surface area contributed by atoms with E-state index in [2.05, 4.69) is 39.1 Å². The van der Waals surface area contributed by atoms with Crippen molar-refractivity contribution in [3.05, 3.63) is 33.3 Å². The molecule has 20 heavy (non-hydrogen) atoms. The van der Waals surface area contributed by atoms with Crippen LogP contribution in [0.5, 0.6) is 0 Å².